The zero-order chi connectivity index (χ0) is 21.0. The lowest BCUT2D eigenvalue weighted by Gasteiger charge is -2.27. The monoisotopic (exact) mass is 411 g/mol. The second-order valence-electron chi connectivity index (χ2n) is 7.04. The highest BCUT2D eigenvalue weighted by molar-refractivity contribution is 7.89. The third-order valence-corrected chi connectivity index (χ3v) is 4.98. The normalized spacial score (nSPS) is 15.1. The lowest BCUT2D eigenvalue weighted by molar-refractivity contribution is -0.274. The van der Waals surface area contributed by atoms with Crippen molar-refractivity contribution in [2.45, 2.75) is 63.9 Å². The van der Waals surface area contributed by atoms with Crippen LogP contribution in [0.25, 0.3) is 0 Å². The van der Waals surface area contributed by atoms with E-state index in [4.69, 9.17) is 4.74 Å². The molecule has 0 unspecified atom stereocenters. The zero-order valence-electron chi connectivity index (χ0n) is 15.8. The molecule has 6 nitrogen and oxygen atoms in total. The van der Waals surface area contributed by atoms with E-state index in [1.165, 1.54) is 0 Å². The second-order valence-corrected chi connectivity index (χ2v) is 8.75. The third-order valence-electron chi connectivity index (χ3n) is 3.52. The standard InChI is InChI=1S/C17H24F3NO5S/c1-6-11(2)14(15(22)26-16(3,4)5)21-27(23,24)13-9-7-12(8-10-13)25-17(18,19)20/h7-11,14,21H,6H2,1-5H3/t11-,14+/m1/s1. The largest absolute Gasteiger partial charge is 0.573 e. The van der Waals surface area contributed by atoms with Crippen LogP contribution in [0.1, 0.15) is 41.0 Å². The molecule has 0 fully saturated rings. The van der Waals surface area contributed by atoms with Crippen LogP contribution in [0.3, 0.4) is 0 Å². The average molecular weight is 411 g/mol. The number of hydrogen-bond acceptors (Lipinski definition) is 5. The van der Waals surface area contributed by atoms with Crippen LogP contribution < -0.4 is 9.46 Å². The Balaban J connectivity index is 3.04. The number of carbonyl (C=O) groups is 1. The van der Waals surface area contributed by atoms with Crippen molar-refractivity contribution in [3.05, 3.63) is 24.3 Å². The number of benzene rings is 1. The molecule has 0 spiro atoms. The Morgan fingerprint density at radius 2 is 1.67 bits per heavy atom. The molecule has 1 aromatic rings. The van der Waals surface area contributed by atoms with Crippen LogP contribution >= 0.6 is 0 Å². The lowest BCUT2D eigenvalue weighted by Crippen LogP contribution is -2.47. The SMILES string of the molecule is CC[C@@H](C)[C@H](NS(=O)(=O)c1ccc(OC(F)(F)F)cc1)C(=O)OC(C)(C)C. The van der Waals surface area contributed by atoms with Crippen LogP contribution in [-0.4, -0.2) is 32.4 Å². The van der Waals surface area contributed by atoms with E-state index in [0.717, 1.165) is 24.3 Å². The van der Waals surface area contributed by atoms with Gasteiger partial charge in [0.15, 0.2) is 0 Å². The topological polar surface area (TPSA) is 81.7 Å². The van der Waals surface area contributed by atoms with Crippen LogP contribution in [0.4, 0.5) is 13.2 Å². The molecule has 0 aromatic heterocycles. The van der Waals surface area contributed by atoms with E-state index in [9.17, 15) is 26.4 Å². The molecule has 1 rings (SSSR count). The molecule has 0 aliphatic heterocycles. The smallest absolute Gasteiger partial charge is 0.459 e. The minimum Gasteiger partial charge on any atom is -0.459 e. The molecular weight excluding hydrogens is 387 g/mol. The average Bonchev–Trinajstić information content (AvgIpc) is 2.49. The number of nitrogens with one attached hydrogen (secondary N) is 1. The molecule has 27 heavy (non-hydrogen) atoms. The van der Waals surface area contributed by atoms with E-state index in [1.54, 1.807) is 34.6 Å². The number of ether oxygens (including phenoxy) is 2. The molecule has 0 amide bonds. The summed E-state index contributed by atoms with van der Waals surface area (Å²) in [4.78, 5) is 12.1. The summed E-state index contributed by atoms with van der Waals surface area (Å²) in [5.41, 5.74) is -0.801. The number of rotatable bonds is 7. The van der Waals surface area contributed by atoms with Gasteiger partial charge in [0.25, 0.3) is 0 Å². The van der Waals surface area contributed by atoms with Crippen LogP contribution in [-0.2, 0) is 19.6 Å². The van der Waals surface area contributed by atoms with E-state index in [2.05, 4.69) is 9.46 Å². The minimum absolute atomic E-state index is 0.297. The minimum atomic E-state index is -4.88. The summed E-state index contributed by atoms with van der Waals surface area (Å²) in [6, 6.07) is 2.56. The number of hydrogen-bond donors (Lipinski definition) is 1. The fourth-order valence-electron chi connectivity index (χ4n) is 2.05. The molecule has 1 N–H and O–H groups in total. The van der Waals surface area contributed by atoms with Crippen molar-refractivity contribution in [2.75, 3.05) is 0 Å². The fourth-order valence-corrected chi connectivity index (χ4v) is 3.35. The summed E-state index contributed by atoms with van der Waals surface area (Å²) in [6.45, 7) is 8.46. The maximum atomic E-state index is 12.5. The van der Waals surface area contributed by atoms with Crippen LogP contribution in [0, 0.1) is 5.92 Å². The molecule has 0 saturated heterocycles. The quantitative estimate of drug-likeness (QED) is 0.693. The highest BCUT2D eigenvalue weighted by Gasteiger charge is 2.34. The highest BCUT2D eigenvalue weighted by atomic mass is 32.2. The highest BCUT2D eigenvalue weighted by Crippen LogP contribution is 2.24. The number of carbonyl (C=O) groups excluding carboxylic acids is 1. The third kappa shape index (κ3) is 7.76. The van der Waals surface area contributed by atoms with Gasteiger partial charge in [0, 0.05) is 0 Å². The number of halogens is 3. The predicted molar refractivity (Wildman–Crippen MR) is 92.5 cm³/mol. The Morgan fingerprint density at radius 1 is 1.15 bits per heavy atom. The molecule has 154 valence electrons. The molecule has 2 atom stereocenters. The van der Waals surface area contributed by atoms with Crippen molar-refractivity contribution in [3.8, 4) is 5.75 Å². The molecule has 0 heterocycles. The molecule has 0 aliphatic rings. The Bertz CT molecular complexity index is 739. The predicted octanol–water partition coefficient (Wildman–Crippen LogP) is 3.62. The van der Waals surface area contributed by atoms with Crippen molar-refractivity contribution in [1.82, 2.24) is 4.72 Å². The fraction of sp³-hybridized carbons (Fsp3) is 0.588. The van der Waals surface area contributed by atoms with Crippen molar-refractivity contribution in [3.63, 3.8) is 0 Å². The van der Waals surface area contributed by atoms with Gasteiger partial charge < -0.3 is 9.47 Å². The van der Waals surface area contributed by atoms with Crippen molar-refractivity contribution < 1.29 is 35.9 Å². The number of alkyl halides is 3. The molecular formula is C17H24F3NO5S. The van der Waals surface area contributed by atoms with Crippen LogP contribution in [0.5, 0.6) is 5.75 Å². The van der Waals surface area contributed by atoms with Gasteiger partial charge in [0.05, 0.1) is 4.90 Å². The van der Waals surface area contributed by atoms with E-state index < -0.39 is 39.7 Å². The first-order valence-corrected chi connectivity index (χ1v) is 9.74. The van der Waals surface area contributed by atoms with Gasteiger partial charge in [-0.3, -0.25) is 4.79 Å². The summed E-state index contributed by atoms with van der Waals surface area (Å²) in [6.07, 6.45) is -4.37. The second kappa shape index (κ2) is 8.47. The van der Waals surface area contributed by atoms with E-state index in [1.807, 2.05) is 0 Å². The van der Waals surface area contributed by atoms with E-state index in [0.29, 0.717) is 6.42 Å². The Hall–Kier alpha value is -1.81. The number of sulfonamides is 1. The Morgan fingerprint density at radius 3 is 2.07 bits per heavy atom. The van der Waals surface area contributed by atoms with Gasteiger partial charge in [-0.05, 0) is 51.0 Å². The number of esters is 1. The van der Waals surface area contributed by atoms with Crippen LogP contribution in [0.2, 0.25) is 0 Å². The van der Waals surface area contributed by atoms with Crippen LogP contribution in [0.15, 0.2) is 29.2 Å². The Labute approximate surface area is 157 Å². The Kier molecular flexibility index (Phi) is 7.29. The van der Waals surface area contributed by atoms with Crippen molar-refractivity contribution in [2.24, 2.45) is 5.92 Å². The summed E-state index contributed by atoms with van der Waals surface area (Å²) < 4.78 is 72.9. The van der Waals surface area contributed by atoms with Gasteiger partial charge in [-0.1, -0.05) is 20.3 Å². The maximum absolute atomic E-state index is 12.5. The van der Waals surface area contributed by atoms with Gasteiger partial charge in [-0.15, -0.1) is 13.2 Å². The molecule has 0 aliphatic carbocycles. The molecule has 0 radical (unpaired) electrons. The molecule has 0 bridgehead atoms. The van der Waals surface area contributed by atoms with Gasteiger partial charge in [-0.2, -0.15) is 4.72 Å². The van der Waals surface area contributed by atoms with Gasteiger partial charge in [-0.25, -0.2) is 8.42 Å². The maximum Gasteiger partial charge on any atom is 0.573 e. The van der Waals surface area contributed by atoms with E-state index >= 15 is 0 Å². The van der Waals surface area contributed by atoms with E-state index in [-0.39, 0.29) is 10.8 Å². The van der Waals surface area contributed by atoms with Crippen molar-refractivity contribution >= 4 is 16.0 Å². The summed E-state index contributed by atoms with van der Waals surface area (Å²) in [5, 5.41) is 0. The lowest BCUT2D eigenvalue weighted by atomic mass is 10.00. The van der Waals surface area contributed by atoms with Gasteiger partial charge >= 0.3 is 12.3 Å². The summed E-state index contributed by atoms with van der Waals surface area (Å²) in [5.74, 6) is -1.63. The first-order chi connectivity index (χ1) is 12.1. The molecule has 1 aromatic carbocycles. The molecule has 0 saturated carbocycles. The van der Waals surface area contributed by atoms with Gasteiger partial charge in [0.2, 0.25) is 10.0 Å². The van der Waals surface area contributed by atoms with Crippen molar-refractivity contribution in [1.29, 1.82) is 0 Å². The van der Waals surface area contributed by atoms with Gasteiger partial charge in [0.1, 0.15) is 17.4 Å². The first kappa shape index (κ1) is 23.2. The zero-order valence-corrected chi connectivity index (χ0v) is 16.6. The molecule has 10 heteroatoms. The first-order valence-electron chi connectivity index (χ1n) is 8.25. The summed E-state index contributed by atoms with van der Waals surface area (Å²) in [7, 11) is -4.16. The summed E-state index contributed by atoms with van der Waals surface area (Å²) >= 11 is 0.